The van der Waals surface area contributed by atoms with Crippen LogP contribution in [0.5, 0.6) is 0 Å². The summed E-state index contributed by atoms with van der Waals surface area (Å²) in [5.74, 6) is 0. The van der Waals surface area contributed by atoms with Crippen LogP contribution in [0.2, 0.25) is 10.0 Å². The van der Waals surface area contributed by atoms with Crippen molar-refractivity contribution < 1.29 is 21.3 Å². The standard InChI is InChI=1S/C33H31Cl2.C21H14.C5H5.2ClH.Zr/c1-32(2,3)30-18-26-22(16-28(30)20-7-11-24(34)12-8-20)15-23-17-29(21-9-13-25(35)14-10-21)31(19-27(23)26)33(4,5)6;1-3-7-20-14-16(9-11-18(20)5-1)13-17-10-12-19-6-2-4-8-21(19)15-17;1-2-4-5-3-1;;;/h7-19H,1-6H3;1-12,14-15H;1-3H,4H2;2*1H;. The molecule has 0 radical (unpaired) electrons. The van der Waals surface area contributed by atoms with E-state index < -0.39 is 21.3 Å². The fourth-order valence-electron chi connectivity index (χ4n) is 9.94. The zero-order chi connectivity index (χ0) is 42.9. The maximum atomic E-state index is 6.56. The number of rotatable bonds is 6. The molecule has 320 valence electrons. The van der Waals surface area contributed by atoms with Crippen LogP contribution in [0, 0.1) is 0 Å². The van der Waals surface area contributed by atoms with Gasteiger partial charge in [-0.1, -0.05) is 0 Å². The molecule has 0 nitrogen and oxygen atoms in total. The molecule has 64 heavy (non-hydrogen) atoms. The Morgan fingerprint density at radius 1 is 0.484 bits per heavy atom. The molecule has 0 spiro atoms. The van der Waals surface area contributed by atoms with Gasteiger partial charge in [0.15, 0.2) is 0 Å². The quantitative estimate of drug-likeness (QED) is 0.156. The van der Waals surface area contributed by atoms with Crippen LogP contribution >= 0.6 is 48.0 Å². The molecule has 0 aliphatic heterocycles. The predicted molar refractivity (Wildman–Crippen MR) is 279 cm³/mol. The molecule has 0 atom stereocenters. The molecule has 2 aliphatic rings. The van der Waals surface area contributed by atoms with Crippen LogP contribution < -0.4 is 0 Å². The van der Waals surface area contributed by atoms with Crippen molar-refractivity contribution in [2.24, 2.45) is 0 Å². The van der Waals surface area contributed by atoms with E-state index in [1.54, 1.807) is 6.49 Å². The van der Waals surface area contributed by atoms with Crippen molar-refractivity contribution in [2.75, 3.05) is 0 Å². The molecule has 0 bridgehead atoms. The molecule has 8 aromatic rings. The van der Waals surface area contributed by atoms with E-state index in [9.17, 15) is 0 Å². The monoisotopic (exact) mass is 990 g/mol. The summed E-state index contributed by atoms with van der Waals surface area (Å²) in [5, 5.41) is 6.59. The van der Waals surface area contributed by atoms with Gasteiger partial charge < -0.3 is 0 Å². The Labute approximate surface area is 409 Å². The van der Waals surface area contributed by atoms with E-state index in [0.29, 0.717) is 0 Å². The molecule has 10 rings (SSSR count). The minimum atomic E-state index is -3.16. The maximum absolute atomic E-state index is 6.56. The van der Waals surface area contributed by atoms with Crippen molar-refractivity contribution in [2.45, 2.75) is 62.4 Å². The molecule has 2 aliphatic carbocycles. The van der Waals surface area contributed by atoms with Crippen molar-refractivity contribution in [1.29, 1.82) is 0 Å². The topological polar surface area (TPSA) is 0 Å². The van der Waals surface area contributed by atoms with Gasteiger partial charge in [0.25, 0.3) is 0 Å². The second-order valence-electron chi connectivity index (χ2n) is 19.2. The molecule has 8 aromatic carbocycles. The number of fused-ring (bicyclic) bond motifs is 5. The van der Waals surface area contributed by atoms with E-state index in [-0.39, 0.29) is 39.3 Å². The average molecular weight is 994 g/mol. The summed E-state index contributed by atoms with van der Waals surface area (Å²) in [6.45, 7) is 14.1. The normalized spacial score (nSPS) is 13.3. The van der Waals surface area contributed by atoms with Crippen LogP contribution in [-0.4, -0.2) is 3.21 Å². The van der Waals surface area contributed by atoms with Gasteiger partial charge in [0, 0.05) is 0 Å². The first-order valence-electron chi connectivity index (χ1n) is 21.8. The minimum absolute atomic E-state index is 0. The van der Waals surface area contributed by atoms with Gasteiger partial charge in [0.05, 0.1) is 0 Å². The molecule has 0 amide bonds. The van der Waals surface area contributed by atoms with Gasteiger partial charge in [-0.25, -0.2) is 0 Å². The fraction of sp³-hybridized carbons (Fsp3) is 0.169. The van der Waals surface area contributed by atoms with Crippen molar-refractivity contribution in [1.82, 2.24) is 0 Å². The van der Waals surface area contributed by atoms with Gasteiger partial charge in [-0.05, 0) is 0 Å². The Hall–Kier alpha value is -4.33. The van der Waals surface area contributed by atoms with Gasteiger partial charge in [-0.3, -0.25) is 0 Å². The van der Waals surface area contributed by atoms with Crippen LogP contribution in [-0.2, 0) is 32.1 Å². The Morgan fingerprint density at radius 3 is 1.30 bits per heavy atom. The first kappa shape index (κ1) is 46.2. The van der Waals surface area contributed by atoms with Gasteiger partial charge >= 0.3 is 388 Å². The van der Waals surface area contributed by atoms with Crippen molar-refractivity contribution in [3.8, 4) is 33.4 Å². The molecule has 0 heterocycles. The Balaban J connectivity index is 0.00000280. The molecule has 0 unspecified atom stereocenters. The fourth-order valence-corrected chi connectivity index (χ4v) is 19.1. The summed E-state index contributed by atoms with van der Waals surface area (Å²) in [6, 6.07) is 59.4. The zero-order valence-electron chi connectivity index (χ0n) is 37.1. The van der Waals surface area contributed by atoms with Gasteiger partial charge in [0.2, 0.25) is 0 Å². The van der Waals surface area contributed by atoms with E-state index in [1.807, 2.05) is 24.3 Å². The summed E-state index contributed by atoms with van der Waals surface area (Å²) in [5.41, 5.74) is 15.8. The van der Waals surface area contributed by atoms with E-state index >= 15 is 0 Å². The molecular formula is C59H52Cl4Zr. The third-order valence-electron chi connectivity index (χ3n) is 13.0. The van der Waals surface area contributed by atoms with Crippen LogP contribution in [0.25, 0.3) is 54.9 Å². The molecule has 5 heteroatoms. The van der Waals surface area contributed by atoms with Crippen LogP contribution in [0.15, 0.2) is 179 Å². The second-order valence-corrected chi connectivity index (χ2v) is 26.3. The molecular weight excluding hydrogens is 942 g/mol. The second kappa shape index (κ2) is 18.2. The summed E-state index contributed by atoms with van der Waals surface area (Å²) in [6.07, 6.45) is 8.17. The molecule has 0 N–H and O–H groups in total. The zero-order valence-corrected chi connectivity index (χ0v) is 42.7. The predicted octanol–water partition coefficient (Wildman–Crippen LogP) is 17.9. The largest absolute Gasteiger partial charge is 0.147 e. The first-order chi connectivity index (χ1) is 29.8. The molecule has 0 saturated heterocycles. The summed E-state index contributed by atoms with van der Waals surface area (Å²) in [7, 11) is 0. The van der Waals surface area contributed by atoms with Crippen LogP contribution in [0.3, 0.4) is 0 Å². The molecule has 0 saturated carbocycles. The van der Waals surface area contributed by atoms with E-state index in [4.69, 9.17) is 23.2 Å². The Kier molecular flexibility index (Phi) is 13.1. The van der Waals surface area contributed by atoms with Crippen molar-refractivity contribution >= 4 is 72.8 Å². The minimum Gasteiger partial charge on any atom is -0.147 e. The smallest absolute Gasteiger partial charge is 0.147 e. The first-order valence-corrected chi connectivity index (χ1v) is 26.4. The van der Waals surface area contributed by atoms with Gasteiger partial charge in [0.1, 0.15) is 0 Å². The Morgan fingerprint density at radius 2 is 0.906 bits per heavy atom. The van der Waals surface area contributed by atoms with Crippen molar-refractivity contribution in [3.63, 3.8) is 0 Å². The van der Waals surface area contributed by atoms with Crippen molar-refractivity contribution in [3.05, 3.63) is 223 Å². The van der Waals surface area contributed by atoms with Crippen LogP contribution in [0.1, 0.15) is 85.0 Å². The van der Waals surface area contributed by atoms with Gasteiger partial charge in [-0.15, -0.1) is 24.8 Å². The molecule has 0 aromatic heterocycles. The van der Waals surface area contributed by atoms with Crippen LogP contribution in [0.4, 0.5) is 0 Å². The number of hydrogen-bond donors (Lipinski definition) is 0. The number of hydrogen-bond acceptors (Lipinski definition) is 0. The third-order valence-corrected chi connectivity index (χ3v) is 21.8. The van der Waals surface area contributed by atoms with E-state index in [0.717, 1.165) is 16.5 Å². The summed E-state index contributed by atoms with van der Waals surface area (Å²) in [4.78, 5) is 0. The number of benzene rings is 8. The number of allylic oxidation sites excluding steroid dienone is 4. The summed E-state index contributed by atoms with van der Waals surface area (Å²) >= 11 is 9.95. The SMILES string of the molecule is CC(C)(C)c1cc2c(cc1-c1ccc(Cl)cc1)[CH]([Zr]([C]1=CC=CC1)=[C](c1ccc3ccccc3c1)c1ccc3ccccc3c1)c1cc(-c3ccc(Cl)cc3)c(C(C)(C)C)cc1-2.Cl.Cl. The number of halogens is 4. The average Bonchev–Trinajstić information content (AvgIpc) is 3.91. The Bertz CT molecular complexity index is 2980. The van der Waals surface area contributed by atoms with E-state index in [2.05, 4.69) is 193 Å². The molecule has 0 fully saturated rings. The van der Waals surface area contributed by atoms with Gasteiger partial charge in [-0.2, -0.15) is 0 Å². The maximum Gasteiger partial charge on any atom is -0.147 e. The third kappa shape index (κ3) is 8.61. The summed E-state index contributed by atoms with van der Waals surface area (Å²) < 4.78 is 3.36. The van der Waals surface area contributed by atoms with E-state index in [1.165, 1.54) is 88.3 Å².